The van der Waals surface area contributed by atoms with Gasteiger partial charge in [-0.25, -0.2) is 0 Å². The van der Waals surface area contributed by atoms with E-state index in [9.17, 15) is 9.90 Å². The minimum Gasteiger partial charge on any atom is -0.508 e. The van der Waals surface area contributed by atoms with E-state index >= 15 is 0 Å². The summed E-state index contributed by atoms with van der Waals surface area (Å²) in [5.74, 6) is 1.65. The van der Waals surface area contributed by atoms with Gasteiger partial charge in [0.05, 0.1) is 26.2 Å². The zero-order valence-electron chi connectivity index (χ0n) is 14.4. The predicted molar refractivity (Wildman–Crippen MR) is 97.1 cm³/mol. The first kappa shape index (κ1) is 16.5. The summed E-state index contributed by atoms with van der Waals surface area (Å²) in [5.41, 5.74) is 1.83. The molecule has 7 heteroatoms. The molecule has 4 rings (SSSR count). The van der Waals surface area contributed by atoms with Crippen LogP contribution in [-0.2, 0) is 4.79 Å². The number of carbonyl (C=O) groups excluding carboxylic acids is 1. The molecular formula is C19H22N3O4+. The number of quaternary nitrogens is 1. The van der Waals surface area contributed by atoms with Gasteiger partial charge in [0, 0.05) is 17.4 Å². The summed E-state index contributed by atoms with van der Waals surface area (Å²) in [5, 5.41) is 12.3. The number of piperazine rings is 1. The number of rotatable bonds is 4. The van der Waals surface area contributed by atoms with Crippen molar-refractivity contribution >= 4 is 17.3 Å². The quantitative estimate of drug-likeness (QED) is 0.742. The first-order valence-corrected chi connectivity index (χ1v) is 8.74. The van der Waals surface area contributed by atoms with E-state index in [2.05, 4.69) is 10.2 Å². The van der Waals surface area contributed by atoms with Crippen LogP contribution in [0.3, 0.4) is 0 Å². The fraction of sp³-hybridized carbons (Fsp3) is 0.316. The van der Waals surface area contributed by atoms with Gasteiger partial charge in [0.1, 0.15) is 5.75 Å². The van der Waals surface area contributed by atoms with E-state index in [4.69, 9.17) is 9.47 Å². The lowest BCUT2D eigenvalue weighted by Crippen LogP contribution is -3.15. The summed E-state index contributed by atoms with van der Waals surface area (Å²) in [7, 11) is 0. The number of amides is 1. The summed E-state index contributed by atoms with van der Waals surface area (Å²) < 4.78 is 10.6. The molecule has 26 heavy (non-hydrogen) atoms. The molecule has 0 bridgehead atoms. The van der Waals surface area contributed by atoms with Crippen molar-refractivity contribution in [3.8, 4) is 17.2 Å². The molecule has 2 heterocycles. The normalized spacial score (nSPS) is 16.5. The Hall–Kier alpha value is -2.93. The van der Waals surface area contributed by atoms with Gasteiger partial charge in [-0.3, -0.25) is 4.79 Å². The Morgan fingerprint density at radius 1 is 1.08 bits per heavy atom. The number of carbonyl (C=O) groups is 1. The van der Waals surface area contributed by atoms with Gasteiger partial charge >= 0.3 is 0 Å². The maximum absolute atomic E-state index is 12.3. The molecule has 7 nitrogen and oxygen atoms in total. The van der Waals surface area contributed by atoms with Crippen molar-refractivity contribution in [2.24, 2.45) is 0 Å². The van der Waals surface area contributed by atoms with Gasteiger partial charge in [0.2, 0.25) is 6.79 Å². The minimum absolute atomic E-state index is 0.00283. The van der Waals surface area contributed by atoms with Gasteiger partial charge in [0.15, 0.2) is 18.0 Å². The third-order valence-corrected chi connectivity index (χ3v) is 4.75. The molecule has 2 aromatic rings. The number of benzene rings is 2. The van der Waals surface area contributed by atoms with Crippen LogP contribution in [0.5, 0.6) is 17.2 Å². The van der Waals surface area contributed by atoms with E-state index in [1.165, 1.54) is 4.90 Å². The Labute approximate surface area is 151 Å². The Balaban J connectivity index is 1.27. The maximum Gasteiger partial charge on any atom is 0.279 e. The average Bonchev–Trinajstić information content (AvgIpc) is 3.11. The average molecular weight is 356 g/mol. The highest BCUT2D eigenvalue weighted by Gasteiger charge is 2.23. The lowest BCUT2D eigenvalue weighted by atomic mass is 10.2. The fourth-order valence-electron chi connectivity index (χ4n) is 3.33. The third kappa shape index (κ3) is 3.67. The summed E-state index contributed by atoms with van der Waals surface area (Å²) in [4.78, 5) is 15.9. The number of fused-ring (bicyclic) bond motifs is 1. The number of aromatic hydroxyl groups is 1. The van der Waals surface area contributed by atoms with Gasteiger partial charge in [-0.05, 0) is 36.4 Å². The van der Waals surface area contributed by atoms with Crippen LogP contribution in [0.2, 0.25) is 0 Å². The van der Waals surface area contributed by atoms with Crippen molar-refractivity contribution in [3.63, 3.8) is 0 Å². The van der Waals surface area contributed by atoms with Crippen molar-refractivity contribution in [3.05, 3.63) is 42.5 Å². The van der Waals surface area contributed by atoms with Crippen LogP contribution >= 0.6 is 0 Å². The Kier molecular flexibility index (Phi) is 4.53. The number of phenolic OH excluding ortho intramolecular Hbond substituents is 1. The van der Waals surface area contributed by atoms with Crippen molar-refractivity contribution in [1.29, 1.82) is 0 Å². The van der Waals surface area contributed by atoms with E-state index in [-0.39, 0.29) is 18.4 Å². The third-order valence-electron chi connectivity index (χ3n) is 4.75. The monoisotopic (exact) mass is 356 g/mol. The van der Waals surface area contributed by atoms with Crippen LogP contribution in [0.15, 0.2) is 42.5 Å². The molecule has 2 aliphatic heterocycles. The molecule has 0 radical (unpaired) electrons. The number of phenols is 1. The number of nitrogens with zero attached hydrogens (tertiary/aromatic N) is 1. The van der Waals surface area contributed by atoms with E-state index in [1.807, 2.05) is 18.2 Å². The molecule has 1 amide bonds. The first-order valence-electron chi connectivity index (χ1n) is 8.74. The van der Waals surface area contributed by atoms with Crippen molar-refractivity contribution < 1.29 is 24.3 Å². The number of hydrogen-bond donors (Lipinski definition) is 3. The molecule has 1 fully saturated rings. The molecule has 136 valence electrons. The second kappa shape index (κ2) is 7.13. The van der Waals surface area contributed by atoms with Crippen LogP contribution in [0.1, 0.15) is 0 Å². The highest BCUT2D eigenvalue weighted by molar-refractivity contribution is 5.91. The molecule has 0 saturated carbocycles. The van der Waals surface area contributed by atoms with Gasteiger partial charge in [0.25, 0.3) is 5.91 Å². The van der Waals surface area contributed by atoms with Gasteiger partial charge in [-0.1, -0.05) is 0 Å². The number of anilines is 2. The smallest absolute Gasteiger partial charge is 0.279 e. The zero-order chi connectivity index (χ0) is 17.9. The molecule has 0 aromatic heterocycles. The van der Waals surface area contributed by atoms with E-state index < -0.39 is 0 Å². The standard InChI is InChI=1S/C19H21N3O4/c23-16-4-2-15(3-5-16)22-9-7-21(8-10-22)12-19(24)20-14-1-6-17-18(11-14)26-13-25-17/h1-6,11,23H,7-10,12-13H2,(H,20,24)/p+1. The highest BCUT2D eigenvalue weighted by atomic mass is 16.7. The maximum atomic E-state index is 12.3. The Bertz CT molecular complexity index is 786. The van der Waals surface area contributed by atoms with E-state index in [1.54, 1.807) is 24.3 Å². The minimum atomic E-state index is -0.00283. The molecule has 2 aromatic carbocycles. The van der Waals surface area contributed by atoms with Gasteiger partial charge < -0.3 is 29.7 Å². The number of ether oxygens (including phenoxy) is 2. The van der Waals surface area contributed by atoms with Gasteiger partial charge in [-0.2, -0.15) is 0 Å². The zero-order valence-corrected chi connectivity index (χ0v) is 14.4. The number of hydrogen-bond acceptors (Lipinski definition) is 5. The van der Waals surface area contributed by atoms with Crippen LogP contribution in [0, 0.1) is 0 Å². The molecule has 0 spiro atoms. The van der Waals surface area contributed by atoms with E-state index in [0.29, 0.717) is 18.0 Å². The topological polar surface area (TPSA) is 75.5 Å². The number of nitrogens with one attached hydrogen (secondary N) is 2. The lowest BCUT2D eigenvalue weighted by molar-refractivity contribution is -0.892. The largest absolute Gasteiger partial charge is 0.508 e. The Morgan fingerprint density at radius 3 is 2.58 bits per heavy atom. The molecule has 0 aliphatic carbocycles. The summed E-state index contributed by atoms with van der Waals surface area (Å²) in [6.07, 6.45) is 0. The second-order valence-corrected chi connectivity index (χ2v) is 6.55. The van der Waals surface area contributed by atoms with Gasteiger partial charge in [-0.15, -0.1) is 0 Å². The fourth-order valence-corrected chi connectivity index (χ4v) is 3.33. The molecule has 2 aliphatic rings. The van der Waals surface area contributed by atoms with Crippen LogP contribution in [0.25, 0.3) is 0 Å². The highest BCUT2D eigenvalue weighted by Crippen LogP contribution is 2.34. The Morgan fingerprint density at radius 2 is 1.81 bits per heavy atom. The molecular weight excluding hydrogens is 334 g/mol. The van der Waals surface area contributed by atoms with Crippen molar-refractivity contribution in [2.45, 2.75) is 0 Å². The molecule has 3 N–H and O–H groups in total. The molecule has 0 unspecified atom stereocenters. The van der Waals surface area contributed by atoms with Crippen LogP contribution in [-0.4, -0.2) is 50.5 Å². The SMILES string of the molecule is O=C(C[NH+]1CCN(c2ccc(O)cc2)CC1)Nc1ccc2c(c1)OCO2. The lowest BCUT2D eigenvalue weighted by Gasteiger charge is -2.33. The summed E-state index contributed by atoms with van der Waals surface area (Å²) in [6.45, 7) is 4.24. The summed E-state index contributed by atoms with van der Waals surface area (Å²) >= 11 is 0. The van der Waals surface area contributed by atoms with Crippen LogP contribution < -0.4 is 24.6 Å². The summed E-state index contributed by atoms with van der Waals surface area (Å²) in [6, 6.07) is 12.7. The van der Waals surface area contributed by atoms with Crippen molar-refractivity contribution in [1.82, 2.24) is 0 Å². The second-order valence-electron chi connectivity index (χ2n) is 6.55. The molecule has 0 atom stereocenters. The molecule has 1 saturated heterocycles. The first-order chi connectivity index (χ1) is 12.7. The van der Waals surface area contributed by atoms with Crippen molar-refractivity contribution in [2.75, 3.05) is 49.7 Å². The van der Waals surface area contributed by atoms with E-state index in [0.717, 1.165) is 37.6 Å². The predicted octanol–water partition coefficient (Wildman–Crippen LogP) is 0.464. The van der Waals surface area contributed by atoms with Crippen LogP contribution in [0.4, 0.5) is 11.4 Å².